The van der Waals surface area contributed by atoms with Crippen molar-refractivity contribution in [1.82, 2.24) is 15.0 Å². The highest BCUT2D eigenvalue weighted by Gasteiger charge is 2.07. The lowest BCUT2D eigenvalue weighted by atomic mass is 10.1. The van der Waals surface area contributed by atoms with Crippen molar-refractivity contribution >= 4 is 28.9 Å². The maximum atomic E-state index is 11.9. The largest absolute Gasteiger partial charge is 0.385 e. The first-order valence-electron chi connectivity index (χ1n) is 12.0. The zero-order chi connectivity index (χ0) is 27.2. The molecule has 1 amide bonds. The Kier molecular flexibility index (Phi) is 12.3. The van der Waals surface area contributed by atoms with Crippen LogP contribution in [0.15, 0.2) is 79.6 Å². The molecule has 0 unspecified atom stereocenters. The highest BCUT2D eigenvalue weighted by Crippen LogP contribution is 2.20. The third kappa shape index (κ3) is 10.0. The number of hydrogen-bond acceptors (Lipinski definition) is 4. The molecule has 2 aromatic heterocycles. The Morgan fingerprint density at radius 3 is 2.30 bits per heavy atom. The second kappa shape index (κ2) is 15.4. The van der Waals surface area contributed by atoms with Crippen LogP contribution in [-0.2, 0) is 4.74 Å². The van der Waals surface area contributed by atoms with Gasteiger partial charge in [-0.05, 0) is 92.4 Å². The van der Waals surface area contributed by atoms with E-state index in [4.69, 9.17) is 16.3 Å². The monoisotopic (exact) mass is 518 g/mol. The Balaban J connectivity index is 0.000000222. The van der Waals surface area contributed by atoms with Gasteiger partial charge in [-0.15, -0.1) is 0 Å². The molecule has 0 radical (unpaired) electrons. The first-order chi connectivity index (χ1) is 17.7. The molecule has 2 heterocycles. The Labute approximate surface area is 224 Å². The van der Waals surface area contributed by atoms with Crippen molar-refractivity contribution in [3.8, 4) is 11.4 Å². The van der Waals surface area contributed by atoms with E-state index >= 15 is 0 Å². The quantitative estimate of drug-likeness (QED) is 0.273. The Morgan fingerprint density at radius 2 is 1.78 bits per heavy atom. The number of nitrogens with one attached hydrogen (secondary N) is 2. The van der Waals surface area contributed by atoms with Gasteiger partial charge < -0.3 is 15.0 Å². The summed E-state index contributed by atoms with van der Waals surface area (Å²) in [4.78, 5) is 23.5. The Bertz CT molecular complexity index is 1270. The Hall–Kier alpha value is -3.74. The fraction of sp³-hybridized carbons (Fsp3) is 0.233. The molecule has 7 heteroatoms. The number of allylic oxidation sites excluding steroid dienone is 1. The van der Waals surface area contributed by atoms with Gasteiger partial charge in [0.2, 0.25) is 0 Å². The molecule has 4 aromatic rings. The van der Waals surface area contributed by atoms with Crippen molar-refractivity contribution in [2.45, 2.75) is 34.1 Å². The van der Waals surface area contributed by atoms with Crippen LogP contribution < -0.4 is 5.32 Å². The minimum atomic E-state index is -0.133. The summed E-state index contributed by atoms with van der Waals surface area (Å²) in [6.45, 7) is 12.8. The van der Waals surface area contributed by atoms with Gasteiger partial charge in [0.15, 0.2) is 0 Å². The fourth-order valence-electron chi connectivity index (χ4n) is 3.00. The average Bonchev–Trinajstić information content (AvgIpc) is 3.39. The van der Waals surface area contributed by atoms with Crippen molar-refractivity contribution in [2.75, 3.05) is 19.0 Å². The number of hydrogen-bond donors (Lipinski definition) is 2. The van der Waals surface area contributed by atoms with Crippen LogP contribution in [0.3, 0.4) is 0 Å². The number of anilines is 1. The summed E-state index contributed by atoms with van der Waals surface area (Å²) in [5, 5.41) is 3.48. The number of halogens is 1. The van der Waals surface area contributed by atoms with E-state index < -0.39 is 0 Å². The molecule has 4 rings (SSSR count). The molecule has 194 valence electrons. The SMILES string of the molecule is C=C(C)c1cnc(-c2ccc(Cl)cc2)[nH]1.CCCOC.Cc1ccc(C(=O)Nc2ccccn2)cc1C. The Morgan fingerprint density at radius 1 is 1.05 bits per heavy atom. The van der Waals surface area contributed by atoms with E-state index in [-0.39, 0.29) is 5.91 Å². The predicted molar refractivity (Wildman–Crippen MR) is 154 cm³/mol. The summed E-state index contributed by atoms with van der Waals surface area (Å²) in [5.41, 5.74) is 5.89. The number of amides is 1. The highest BCUT2D eigenvalue weighted by atomic mass is 35.5. The van der Waals surface area contributed by atoms with Gasteiger partial charge in [-0.3, -0.25) is 4.79 Å². The van der Waals surface area contributed by atoms with Crippen LogP contribution in [0.2, 0.25) is 5.02 Å². The van der Waals surface area contributed by atoms with Crippen LogP contribution in [0, 0.1) is 13.8 Å². The van der Waals surface area contributed by atoms with E-state index in [1.54, 1.807) is 25.6 Å². The molecule has 0 saturated heterocycles. The maximum absolute atomic E-state index is 11.9. The molecule has 0 aliphatic heterocycles. The van der Waals surface area contributed by atoms with E-state index in [9.17, 15) is 4.79 Å². The van der Waals surface area contributed by atoms with Crippen LogP contribution in [0.5, 0.6) is 0 Å². The number of H-pyrrole nitrogens is 1. The molecule has 37 heavy (non-hydrogen) atoms. The summed E-state index contributed by atoms with van der Waals surface area (Å²) >= 11 is 5.81. The molecule has 0 saturated carbocycles. The van der Waals surface area contributed by atoms with E-state index in [0.717, 1.165) is 46.3 Å². The predicted octanol–water partition coefficient (Wildman–Crippen LogP) is 7.76. The molecule has 0 fully saturated rings. The first kappa shape index (κ1) is 29.5. The zero-order valence-electron chi connectivity index (χ0n) is 22.1. The summed E-state index contributed by atoms with van der Waals surface area (Å²) in [7, 11) is 1.71. The molecule has 0 aliphatic rings. The van der Waals surface area contributed by atoms with E-state index in [0.29, 0.717) is 11.4 Å². The van der Waals surface area contributed by atoms with Crippen LogP contribution in [-0.4, -0.2) is 34.6 Å². The number of aromatic nitrogens is 3. The number of ether oxygens (including phenoxy) is 1. The normalized spacial score (nSPS) is 9.89. The fourth-order valence-corrected chi connectivity index (χ4v) is 3.13. The summed E-state index contributed by atoms with van der Waals surface area (Å²) < 4.78 is 4.69. The van der Waals surface area contributed by atoms with Crippen molar-refractivity contribution in [3.63, 3.8) is 0 Å². The smallest absolute Gasteiger partial charge is 0.256 e. The topological polar surface area (TPSA) is 79.9 Å². The van der Waals surface area contributed by atoms with Crippen molar-refractivity contribution in [3.05, 3.63) is 107 Å². The number of benzene rings is 2. The zero-order valence-corrected chi connectivity index (χ0v) is 22.9. The summed E-state index contributed by atoms with van der Waals surface area (Å²) in [6.07, 6.45) is 4.55. The van der Waals surface area contributed by atoms with Crippen molar-refractivity contribution < 1.29 is 9.53 Å². The number of rotatable bonds is 6. The third-order valence-corrected chi connectivity index (χ3v) is 5.49. The highest BCUT2D eigenvalue weighted by molar-refractivity contribution is 6.30. The number of aromatic amines is 1. The lowest BCUT2D eigenvalue weighted by Crippen LogP contribution is -2.13. The van der Waals surface area contributed by atoms with Gasteiger partial charge in [0.05, 0.1) is 11.9 Å². The molecular weight excluding hydrogens is 484 g/mol. The molecule has 2 N–H and O–H groups in total. The standard InChI is InChI=1S/C14H14N2O.C12H11ClN2.C4H10O/c1-10-6-7-12(9-11(10)2)14(17)16-13-5-3-4-8-15-13;1-8(2)11-7-14-12(15-11)9-3-5-10(13)6-4-9;1-3-4-5-2/h3-9H,1-2H3,(H,15,16,17);3-7H,1H2,2H3,(H,14,15);3-4H2,1-2H3. The van der Waals surface area contributed by atoms with Crippen molar-refractivity contribution in [1.29, 1.82) is 0 Å². The first-order valence-corrected chi connectivity index (χ1v) is 12.4. The number of methoxy groups -OCH3 is 1. The number of pyridine rings is 1. The van der Waals surface area contributed by atoms with Gasteiger partial charge in [0.1, 0.15) is 11.6 Å². The van der Waals surface area contributed by atoms with Crippen molar-refractivity contribution in [2.24, 2.45) is 0 Å². The molecule has 6 nitrogen and oxygen atoms in total. The number of carbonyl (C=O) groups is 1. The lowest BCUT2D eigenvalue weighted by Gasteiger charge is -2.06. The van der Waals surface area contributed by atoms with E-state index in [1.807, 2.05) is 75.4 Å². The van der Waals surface area contributed by atoms with Crippen LogP contribution in [0.4, 0.5) is 5.82 Å². The molecule has 0 spiro atoms. The molecular formula is C30H35ClN4O2. The summed E-state index contributed by atoms with van der Waals surface area (Å²) in [6, 6.07) is 18.6. The second-order valence-corrected chi connectivity index (χ2v) is 8.83. The van der Waals surface area contributed by atoms with Gasteiger partial charge in [0, 0.05) is 36.1 Å². The maximum Gasteiger partial charge on any atom is 0.256 e. The minimum Gasteiger partial charge on any atom is -0.385 e. The van der Waals surface area contributed by atoms with E-state index in [2.05, 4.69) is 33.8 Å². The minimum absolute atomic E-state index is 0.133. The van der Waals surface area contributed by atoms with Crippen LogP contribution >= 0.6 is 11.6 Å². The lowest BCUT2D eigenvalue weighted by molar-refractivity contribution is 0.102. The van der Waals surface area contributed by atoms with E-state index in [1.165, 1.54) is 5.56 Å². The number of aryl methyl sites for hydroxylation is 2. The van der Waals surface area contributed by atoms with Crippen LogP contribution in [0.1, 0.15) is 47.4 Å². The average molecular weight is 519 g/mol. The molecule has 0 atom stereocenters. The third-order valence-electron chi connectivity index (χ3n) is 5.24. The number of imidazole rings is 1. The molecule has 2 aromatic carbocycles. The number of carbonyl (C=O) groups excluding carboxylic acids is 1. The van der Waals surface area contributed by atoms with Gasteiger partial charge in [-0.1, -0.05) is 37.2 Å². The molecule has 0 aliphatic carbocycles. The molecule has 0 bridgehead atoms. The van der Waals surface area contributed by atoms with Gasteiger partial charge in [0.25, 0.3) is 5.91 Å². The van der Waals surface area contributed by atoms with Gasteiger partial charge in [-0.25, -0.2) is 9.97 Å². The number of nitrogens with zero attached hydrogens (tertiary/aromatic N) is 2. The van der Waals surface area contributed by atoms with Gasteiger partial charge >= 0.3 is 0 Å². The summed E-state index contributed by atoms with van der Waals surface area (Å²) in [5.74, 6) is 1.27. The second-order valence-electron chi connectivity index (χ2n) is 8.39. The van der Waals surface area contributed by atoms with Crippen LogP contribution in [0.25, 0.3) is 17.0 Å². The van der Waals surface area contributed by atoms with Gasteiger partial charge in [-0.2, -0.15) is 0 Å².